The zero-order chi connectivity index (χ0) is 11.1. The van der Waals surface area contributed by atoms with Crippen molar-refractivity contribution in [3.05, 3.63) is 30.1 Å². The summed E-state index contributed by atoms with van der Waals surface area (Å²) in [4.78, 5) is 15.4. The van der Waals surface area contributed by atoms with Crippen molar-refractivity contribution in [3.8, 4) is 0 Å². The highest BCUT2D eigenvalue weighted by atomic mass is 35.5. The smallest absolute Gasteiger partial charge is 0.237 e. The van der Waals surface area contributed by atoms with Gasteiger partial charge >= 0.3 is 0 Å². The van der Waals surface area contributed by atoms with Gasteiger partial charge in [-0.3, -0.25) is 9.78 Å². The number of nitrogens with two attached hydrogens (primary N) is 1. The summed E-state index contributed by atoms with van der Waals surface area (Å²) in [7, 11) is 0. The number of halogens is 1. The second kappa shape index (κ2) is 8.07. The average molecular weight is 244 g/mol. The molecule has 0 aromatic carbocycles. The van der Waals surface area contributed by atoms with E-state index in [9.17, 15) is 4.79 Å². The third-order valence-corrected chi connectivity index (χ3v) is 2.13. The fraction of sp³-hybridized carbons (Fsp3) is 0.455. The van der Waals surface area contributed by atoms with Crippen LogP contribution in [-0.4, -0.2) is 16.9 Å². The molecule has 90 valence electrons. The normalized spacial score (nSPS) is 11.4. The predicted octanol–water partition coefficient (Wildman–Crippen LogP) is 1.25. The van der Waals surface area contributed by atoms with Gasteiger partial charge in [0.25, 0.3) is 0 Å². The van der Waals surface area contributed by atoms with E-state index in [1.807, 2.05) is 19.1 Å². The fourth-order valence-corrected chi connectivity index (χ4v) is 1.27. The first-order chi connectivity index (χ1) is 7.24. The molecule has 1 amide bonds. The largest absolute Gasteiger partial charge is 0.351 e. The van der Waals surface area contributed by atoms with Crippen LogP contribution in [0.4, 0.5) is 0 Å². The summed E-state index contributed by atoms with van der Waals surface area (Å²) in [6.45, 7) is 2.50. The van der Waals surface area contributed by atoms with Crippen molar-refractivity contribution in [2.45, 2.75) is 32.4 Å². The first-order valence-corrected chi connectivity index (χ1v) is 5.16. The Labute approximate surface area is 102 Å². The maximum absolute atomic E-state index is 11.4. The molecule has 0 bridgehead atoms. The third-order valence-electron chi connectivity index (χ3n) is 2.13. The number of aromatic nitrogens is 1. The van der Waals surface area contributed by atoms with Crippen LogP contribution in [0.5, 0.6) is 0 Å². The second-order valence-electron chi connectivity index (χ2n) is 3.47. The first kappa shape index (κ1) is 14.9. The molecule has 0 spiro atoms. The van der Waals surface area contributed by atoms with Crippen LogP contribution >= 0.6 is 12.4 Å². The number of hydrogen-bond acceptors (Lipinski definition) is 3. The summed E-state index contributed by atoms with van der Waals surface area (Å²) in [5.41, 5.74) is 6.65. The van der Waals surface area contributed by atoms with E-state index < -0.39 is 6.04 Å². The lowest BCUT2D eigenvalue weighted by Gasteiger charge is -2.10. The second-order valence-corrected chi connectivity index (χ2v) is 3.47. The summed E-state index contributed by atoms with van der Waals surface area (Å²) in [5, 5.41) is 2.78. The van der Waals surface area contributed by atoms with Gasteiger partial charge in [-0.25, -0.2) is 0 Å². The highest BCUT2D eigenvalue weighted by molar-refractivity contribution is 5.85. The molecule has 0 aliphatic rings. The van der Waals surface area contributed by atoms with E-state index in [1.165, 1.54) is 0 Å². The van der Waals surface area contributed by atoms with Crippen LogP contribution in [0.2, 0.25) is 0 Å². The predicted molar refractivity (Wildman–Crippen MR) is 66.2 cm³/mol. The van der Waals surface area contributed by atoms with E-state index in [-0.39, 0.29) is 18.3 Å². The van der Waals surface area contributed by atoms with E-state index in [0.717, 1.165) is 18.4 Å². The minimum atomic E-state index is -0.397. The van der Waals surface area contributed by atoms with Gasteiger partial charge in [-0.2, -0.15) is 0 Å². The van der Waals surface area contributed by atoms with Crippen LogP contribution in [0.15, 0.2) is 24.5 Å². The molecule has 0 aliphatic heterocycles. The van der Waals surface area contributed by atoms with Crippen molar-refractivity contribution in [1.29, 1.82) is 0 Å². The van der Waals surface area contributed by atoms with Crippen molar-refractivity contribution in [1.82, 2.24) is 10.3 Å². The minimum Gasteiger partial charge on any atom is -0.351 e. The van der Waals surface area contributed by atoms with Gasteiger partial charge in [0.2, 0.25) is 5.91 Å². The number of nitrogens with one attached hydrogen (secondary N) is 1. The Balaban J connectivity index is 0.00000225. The molecular formula is C11H18ClN3O. The summed E-state index contributed by atoms with van der Waals surface area (Å²) in [5.74, 6) is -0.0966. The molecule has 0 saturated heterocycles. The van der Waals surface area contributed by atoms with Crippen molar-refractivity contribution in [2.24, 2.45) is 5.73 Å². The van der Waals surface area contributed by atoms with E-state index in [4.69, 9.17) is 5.73 Å². The van der Waals surface area contributed by atoms with Crippen LogP contribution in [0.25, 0.3) is 0 Å². The van der Waals surface area contributed by atoms with Gasteiger partial charge in [0.1, 0.15) is 0 Å². The molecule has 0 saturated carbocycles. The number of nitrogens with zero attached hydrogens (tertiary/aromatic N) is 1. The lowest BCUT2D eigenvalue weighted by Crippen LogP contribution is -2.40. The van der Waals surface area contributed by atoms with Gasteiger partial charge in [0.15, 0.2) is 0 Å². The molecular weight excluding hydrogens is 226 g/mol. The van der Waals surface area contributed by atoms with Gasteiger partial charge in [-0.1, -0.05) is 19.4 Å². The van der Waals surface area contributed by atoms with Crippen LogP contribution < -0.4 is 11.1 Å². The van der Waals surface area contributed by atoms with Gasteiger partial charge in [0.05, 0.1) is 6.04 Å². The average Bonchev–Trinajstić information content (AvgIpc) is 2.27. The molecule has 4 nitrogen and oxygen atoms in total. The molecule has 1 rings (SSSR count). The van der Waals surface area contributed by atoms with Crippen LogP contribution in [-0.2, 0) is 11.3 Å². The molecule has 0 fully saturated rings. The van der Waals surface area contributed by atoms with Gasteiger partial charge in [0, 0.05) is 18.9 Å². The van der Waals surface area contributed by atoms with Crippen LogP contribution in [0.3, 0.4) is 0 Å². The molecule has 16 heavy (non-hydrogen) atoms. The third kappa shape index (κ3) is 5.09. The Morgan fingerprint density at radius 3 is 2.94 bits per heavy atom. The molecule has 1 heterocycles. The maximum atomic E-state index is 11.4. The summed E-state index contributed by atoms with van der Waals surface area (Å²) in [6, 6.07) is 3.36. The molecule has 5 heteroatoms. The van der Waals surface area contributed by atoms with Gasteiger partial charge < -0.3 is 11.1 Å². The Kier molecular flexibility index (Phi) is 7.50. The van der Waals surface area contributed by atoms with Gasteiger partial charge in [-0.15, -0.1) is 12.4 Å². The first-order valence-electron chi connectivity index (χ1n) is 5.16. The molecule has 1 unspecified atom stereocenters. The van der Waals surface area contributed by atoms with Gasteiger partial charge in [-0.05, 0) is 18.1 Å². The van der Waals surface area contributed by atoms with Crippen LogP contribution in [0, 0.1) is 0 Å². The molecule has 0 radical (unpaired) electrons. The standard InChI is InChI=1S/C11H17N3O.ClH/c1-2-4-10(12)11(15)14-8-9-5-3-6-13-7-9;/h3,5-7,10H,2,4,8,12H2,1H3,(H,14,15);1H. The van der Waals surface area contributed by atoms with Crippen molar-refractivity contribution in [2.75, 3.05) is 0 Å². The topological polar surface area (TPSA) is 68.0 Å². The fourth-order valence-electron chi connectivity index (χ4n) is 1.27. The highest BCUT2D eigenvalue weighted by Gasteiger charge is 2.10. The number of hydrogen-bond donors (Lipinski definition) is 2. The SMILES string of the molecule is CCCC(N)C(=O)NCc1cccnc1.Cl. The molecule has 0 aliphatic carbocycles. The van der Waals surface area contributed by atoms with Crippen molar-refractivity contribution >= 4 is 18.3 Å². The molecule has 1 aromatic rings. The number of carbonyl (C=O) groups is 1. The summed E-state index contributed by atoms with van der Waals surface area (Å²) < 4.78 is 0. The van der Waals surface area contributed by atoms with E-state index in [1.54, 1.807) is 12.4 Å². The maximum Gasteiger partial charge on any atom is 0.237 e. The zero-order valence-corrected chi connectivity index (χ0v) is 10.2. The Morgan fingerprint density at radius 2 is 2.38 bits per heavy atom. The van der Waals surface area contributed by atoms with Crippen LogP contribution in [0.1, 0.15) is 25.3 Å². The quantitative estimate of drug-likeness (QED) is 0.818. The lowest BCUT2D eigenvalue weighted by atomic mass is 10.1. The number of carbonyl (C=O) groups excluding carboxylic acids is 1. The Bertz CT molecular complexity index is 305. The zero-order valence-electron chi connectivity index (χ0n) is 9.35. The van der Waals surface area contributed by atoms with Crippen molar-refractivity contribution < 1.29 is 4.79 Å². The molecule has 1 atom stereocenters. The Hall–Kier alpha value is -1.13. The summed E-state index contributed by atoms with van der Waals surface area (Å²) in [6.07, 6.45) is 5.07. The highest BCUT2D eigenvalue weighted by Crippen LogP contribution is 1.96. The minimum absolute atomic E-state index is 0. The van der Waals surface area contributed by atoms with E-state index >= 15 is 0 Å². The Morgan fingerprint density at radius 1 is 1.62 bits per heavy atom. The number of rotatable bonds is 5. The lowest BCUT2D eigenvalue weighted by molar-refractivity contribution is -0.122. The number of amides is 1. The monoisotopic (exact) mass is 243 g/mol. The summed E-state index contributed by atoms with van der Waals surface area (Å²) >= 11 is 0. The molecule has 1 aromatic heterocycles. The van der Waals surface area contributed by atoms with Crippen molar-refractivity contribution in [3.63, 3.8) is 0 Å². The number of pyridine rings is 1. The van der Waals surface area contributed by atoms with E-state index in [2.05, 4.69) is 10.3 Å². The molecule has 3 N–H and O–H groups in total. The van der Waals surface area contributed by atoms with E-state index in [0.29, 0.717) is 6.54 Å².